The van der Waals surface area contributed by atoms with Gasteiger partial charge in [0, 0.05) is 18.0 Å². The van der Waals surface area contributed by atoms with Crippen molar-refractivity contribution in [2.45, 2.75) is 71.4 Å². The Kier molecular flexibility index (Phi) is 4.00. The fraction of sp³-hybridized carbons (Fsp3) is 0.684. The van der Waals surface area contributed by atoms with Crippen molar-refractivity contribution in [3.63, 3.8) is 0 Å². The summed E-state index contributed by atoms with van der Waals surface area (Å²) < 4.78 is 6.56. The van der Waals surface area contributed by atoms with Crippen molar-refractivity contribution in [1.82, 2.24) is 5.32 Å². The van der Waals surface area contributed by atoms with Gasteiger partial charge in [0.25, 0.3) is 0 Å². The van der Waals surface area contributed by atoms with E-state index in [1.165, 1.54) is 42.4 Å². The van der Waals surface area contributed by atoms with Crippen LogP contribution in [0.2, 0.25) is 0 Å². The number of hydrogen-bond acceptors (Lipinski definition) is 2. The average molecular weight is 287 g/mol. The van der Waals surface area contributed by atoms with E-state index in [0.29, 0.717) is 12.0 Å². The summed E-state index contributed by atoms with van der Waals surface area (Å²) in [5.74, 6) is 1.84. The van der Waals surface area contributed by atoms with Crippen LogP contribution in [0.5, 0.6) is 5.75 Å². The van der Waals surface area contributed by atoms with Gasteiger partial charge in [0.2, 0.25) is 0 Å². The van der Waals surface area contributed by atoms with Gasteiger partial charge < -0.3 is 10.1 Å². The molecule has 1 atom stereocenters. The van der Waals surface area contributed by atoms with E-state index in [4.69, 9.17) is 4.74 Å². The summed E-state index contributed by atoms with van der Waals surface area (Å²) in [6.07, 6.45) is 6.21. The fourth-order valence-electron chi connectivity index (χ4n) is 4.01. The minimum atomic E-state index is 0.0989. The molecule has 2 heteroatoms. The lowest BCUT2D eigenvalue weighted by molar-refractivity contribution is 0.0355. The minimum Gasteiger partial charge on any atom is -0.487 e. The fourth-order valence-corrected chi connectivity index (χ4v) is 4.01. The average Bonchev–Trinajstić information content (AvgIpc) is 2.85. The lowest BCUT2D eigenvalue weighted by atomic mass is 9.84. The Hall–Kier alpha value is -1.02. The summed E-state index contributed by atoms with van der Waals surface area (Å²) in [4.78, 5) is 0. The van der Waals surface area contributed by atoms with Crippen molar-refractivity contribution in [1.29, 1.82) is 0 Å². The molecule has 21 heavy (non-hydrogen) atoms. The molecule has 0 bridgehead atoms. The smallest absolute Gasteiger partial charge is 0.127 e. The van der Waals surface area contributed by atoms with Gasteiger partial charge in [0.15, 0.2) is 0 Å². The molecule has 116 valence electrons. The predicted octanol–water partition coefficient (Wildman–Crippen LogP) is 4.69. The topological polar surface area (TPSA) is 21.3 Å². The molecule has 1 aliphatic heterocycles. The summed E-state index contributed by atoms with van der Waals surface area (Å²) in [7, 11) is 0. The van der Waals surface area contributed by atoms with Crippen LogP contribution in [-0.2, 0) is 0 Å². The summed E-state index contributed by atoms with van der Waals surface area (Å²) >= 11 is 0. The lowest BCUT2D eigenvalue weighted by Crippen LogP contribution is -2.43. The molecule has 1 N–H and O–H groups in total. The molecule has 0 saturated heterocycles. The third-order valence-electron chi connectivity index (χ3n) is 5.01. The lowest BCUT2D eigenvalue weighted by Gasteiger charge is -2.41. The molecule has 1 unspecified atom stereocenters. The Morgan fingerprint density at radius 1 is 1.24 bits per heavy atom. The van der Waals surface area contributed by atoms with Crippen LogP contribution in [-0.4, -0.2) is 12.1 Å². The van der Waals surface area contributed by atoms with Gasteiger partial charge in [-0.25, -0.2) is 0 Å². The summed E-state index contributed by atoms with van der Waals surface area (Å²) in [5.41, 5.74) is 4.12. The number of benzene rings is 1. The molecule has 1 aromatic carbocycles. The number of rotatable bonds is 3. The third-order valence-corrected chi connectivity index (χ3v) is 5.01. The predicted molar refractivity (Wildman–Crippen MR) is 87.9 cm³/mol. The van der Waals surface area contributed by atoms with Gasteiger partial charge in [-0.05, 0) is 57.6 Å². The van der Waals surface area contributed by atoms with E-state index in [-0.39, 0.29) is 5.60 Å². The Balaban J connectivity index is 1.95. The molecule has 1 fully saturated rings. The molecule has 1 spiro atoms. The van der Waals surface area contributed by atoms with Crippen LogP contribution in [0, 0.1) is 19.8 Å². The van der Waals surface area contributed by atoms with Gasteiger partial charge in [0.1, 0.15) is 11.4 Å². The molecular weight excluding hydrogens is 258 g/mol. The normalized spacial score (nSPS) is 23.4. The molecule has 0 radical (unpaired) electrons. The molecule has 0 aromatic heterocycles. The largest absolute Gasteiger partial charge is 0.487 e. The van der Waals surface area contributed by atoms with Crippen LogP contribution < -0.4 is 10.1 Å². The van der Waals surface area contributed by atoms with Crippen LogP contribution in [0.25, 0.3) is 0 Å². The summed E-state index contributed by atoms with van der Waals surface area (Å²) in [6, 6.07) is 5.03. The van der Waals surface area contributed by atoms with E-state index in [2.05, 4.69) is 45.1 Å². The Morgan fingerprint density at radius 3 is 2.62 bits per heavy atom. The quantitative estimate of drug-likeness (QED) is 0.871. The van der Waals surface area contributed by atoms with Crippen LogP contribution >= 0.6 is 0 Å². The SMILES string of the molecule is Cc1cc(C)c2c(c1)C(NCC(C)C)CC1(CCCC1)O2. The zero-order chi connectivity index (χ0) is 15.0. The molecule has 1 saturated carbocycles. The van der Waals surface area contributed by atoms with Crippen LogP contribution in [0.4, 0.5) is 0 Å². The maximum absolute atomic E-state index is 6.56. The molecular formula is C19H29NO. The highest BCUT2D eigenvalue weighted by molar-refractivity contribution is 5.47. The van der Waals surface area contributed by atoms with E-state index in [1.54, 1.807) is 0 Å². The van der Waals surface area contributed by atoms with Gasteiger partial charge >= 0.3 is 0 Å². The molecule has 2 nitrogen and oxygen atoms in total. The maximum Gasteiger partial charge on any atom is 0.127 e. The van der Waals surface area contributed by atoms with E-state index >= 15 is 0 Å². The number of ether oxygens (including phenoxy) is 1. The first-order valence-electron chi connectivity index (χ1n) is 8.53. The summed E-state index contributed by atoms with van der Waals surface area (Å²) in [5, 5.41) is 3.80. The second kappa shape index (κ2) is 5.64. The number of fused-ring (bicyclic) bond motifs is 1. The highest BCUT2D eigenvalue weighted by Crippen LogP contribution is 2.48. The van der Waals surface area contributed by atoms with Crippen LogP contribution in [0.3, 0.4) is 0 Å². The molecule has 1 heterocycles. The van der Waals surface area contributed by atoms with Crippen molar-refractivity contribution < 1.29 is 4.74 Å². The zero-order valence-corrected chi connectivity index (χ0v) is 14.0. The number of hydrogen-bond donors (Lipinski definition) is 1. The monoisotopic (exact) mass is 287 g/mol. The highest BCUT2D eigenvalue weighted by atomic mass is 16.5. The Morgan fingerprint density at radius 2 is 1.95 bits per heavy atom. The van der Waals surface area contributed by atoms with Gasteiger partial charge in [-0.15, -0.1) is 0 Å². The molecule has 1 aliphatic carbocycles. The number of aryl methyl sites for hydroxylation is 2. The second-order valence-electron chi connectivity index (χ2n) is 7.55. The van der Waals surface area contributed by atoms with E-state index < -0.39 is 0 Å². The molecule has 2 aliphatic rings. The van der Waals surface area contributed by atoms with Gasteiger partial charge in [-0.2, -0.15) is 0 Å². The van der Waals surface area contributed by atoms with Crippen molar-refractivity contribution >= 4 is 0 Å². The third kappa shape index (κ3) is 2.96. The molecule has 3 rings (SSSR count). The maximum atomic E-state index is 6.56. The van der Waals surface area contributed by atoms with Gasteiger partial charge in [0.05, 0.1) is 0 Å². The van der Waals surface area contributed by atoms with Gasteiger partial charge in [-0.3, -0.25) is 0 Å². The first kappa shape index (κ1) is 14.9. The van der Waals surface area contributed by atoms with Crippen molar-refractivity contribution in [2.75, 3.05) is 6.54 Å². The van der Waals surface area contributed by atoms with Crippen LogP contribution in [0.15, 0.2) is 12.1 Å². The first-order chi connectivity index (χ1) is 9.99. The highest BCUT2D eigenvalue weighted by Gasteiger charge is 2.43. The van der Waals surface area contributed by atoms with Crippen LogP contribution in [0.1, 0.15) is 68.7 Å². The second-order valence-corrected chi connectivity index (χ2v) is 7.55. The summed E-state index contributed by atoms with van der Waals surface area (Å²) in [6.45, 7) is 10.0. The van der Waals surface area contributed by atoms with E-state index in [0.717, 1.165) is 18.7 Å². The van der Waals surface area contributed by atoms with E-state index in [9.17, 15) is 0 Å². The van der Waals surface area contributed by atoms with Crippen molar-refractivity contribution in [3.05, 3.63) is 28.8 Å². The molecule has 1 aromatic rings. The Bertz CT molecular complexity index is 515. The minimum absolute atomic E-state index is 0.0989. The Labute approximate surface area is 129 Å². The number of nitrogens with one attached hydrogen (secondary N) is 1. The molecule has 0 amide bonds. The van der Waals surface area contributed by atoms with Crippen molar-refractivity contribution in [3.8, 4) is 5.75 Å². The van der Waals surface area contributed by atoms with Crippen molar-refractivity contribution in [2.24, 2.45) is 5.92 Å². The van der Waals surface area contributed by atoms with E-state index in [1.807, 2.05) is 0 Å². The van der Waals surface area contributed by atoms with Gasteiger partial charge in [-0.1, -0.05) is 31.5 Å². The standard InChI is InChI=1S/C19H29NO/c1-13(2)12-20-17-11-19(7-5-6-8-19)21-18-15(4)9-14(3)10-16(17)18/h9-10,13,17,20H,5-8,11-12H2,1-4H3. The zero-order valence-electron chi connectivity index (χ0n) is 14.0. The first-order valence-corrected chi connectivity index (χ1v) is 8.53.